The van der Waals surface area contributed by atoms with Gasteiger partial charge in [-0.25, -0.2) is 0 Å². The molecule has 104 valence electrons. The van der Waals surface area contributed by atoms with Crippen LogP contribution in [0.25, 0.3) is 0 Å². The molecule has 18 heavy (non-hydrogen) atoms. The van der Waals surface area contributed by atoms with E-state index in [2.05, 4.69) is 0 Å². The SMILES string of the molecule is COCO[C@H]1C(=O)N(COC)C1CCC(C)C=O. The second kappa shape index (κ2) is 7.45. The number of ether oxygens (including phenoxy) is 3. The Morgan fingerprint density at radius 1 is 1.39 bits per heavy atom. The van der Waals surface area contributed by atoms with Crippen LogP contribution < -0.4 is 0 Å². The van der Waals surface area contributed by atoms with Crippen molar-refractivity contribution in [3.8, 4) is 0 Å². The van der Waals surface area contributed by atoms with Gasteiger partial charge in [0.15, 0.2) is 6.10 Å². The van der Waals surface area contributed by atoms with Crippen molar-refractivity contribution < 1.29 is 23.8 Å². The van der Waals surface area contributed by atoms with E-state index in [9.17, 15) is 9.59 Å². The minimum absolute atomic E-state index is 0.00632. The minimum Gasteiger partial charge on any atom is -0.364 e. The molecule has 1 aliphatic rings. The number of hydrogen-bond acceptors (Lipinski definition) is 5. The summed E-state index contributed by atoms with van der Waals surface area (Å²) < 4.78 is 15.1. The maximum atomic E-state index is 11.8. The topological polar surface area (TPSA) is 65.1 Å². The van der Waals surface area contributed by atoms with Gasteiger partial charge in [0.2, 0.25) is 0 Å². The smallest absolute Gasteiger partial charge is 0.256 e. The van der Waals surface area contributed by atoms with Gasteiger partial charge in [-0.1, -0.05) is 6.92 Å². The molecule has 1 saturated heterocycles. The number of hydrogen-bond donors (Lipinski definition) is 0. The number of aldehydes is 1. The second-order valence-corrected chi connectivity index (χ2v) is 4.48. The molecule has 1 fully saturated rings. The highest BCUT2D eigenvalue weighted by atomic mass is 16.7. The number of carbonyl (C=O) groups excluding carboxylic acids is 2. The Labute approximate surface area is 107 Å². The number of nitrogens with zero attached hydrogens (tertiary/aromatic N) is 1. The third kappa shape index (κ3) is 3.51. The monoisotopic (exact) mass is 259 g/mol. The number of likely N-dealkylation sites (tertiary alicyclic amines) is 1. The lowest BCUT2D eigenvalue weighted by atomic mass is 9.91. The first-order valence-corrected chi connectivity index (χ1v) is 6.01. The quantitative estimate of drug-likeness (QED) is 0.341. The number of methoxy groups -OCH3 is 2. The standard InChI is InChI=1S/C12H21NO5/c1-9(6-14)4-5-10-11(18-8-17-3)12(15)13(10)7-16-2/h6,9-11H,4-5,7-8H2,1-3H3/t9?,10?,11-/m1/s1. The summed E-state index contributed by atoms with van der Waals surface area (Å²) in [7, 11) is 3.06. The van der Waals surface area contributed by atoms with Crippen LogP contribution in [0, 0.1) is 5.92 Å². The Balaban J connectivity index is 2.50. The molecule has 0 radical (unpaired) electrons. The zero-order valence-corrected chi connectivity index (χ0v) is 11.1. The summed E-state index contributed by atoms with van der Waals surface area (Å²) in [5.41, 5.74) is 0. The van der Waals surface area contributed by atoms with Crippen molar-refractivity contribution in [3.63, 3.8) is 0 Å². The van der Waals surface area contributed by atoms with E-state index < -0.39 is 6.10 Å². The molecular weight excluding hydrogens is 238 g/mol. The third-order valence-corrected chi connectivity index (χ3v) is 3.06. The van der Waals surface area contributed by atoms with E-state index in [1.54, 1.807) is 12.0 Å². The van der Waals surface area contributed by atoms with Gasteiger partial charge in [0.05, 0.1) is 6.04 Å². The zero-order chi connectivity index (χ0) is 13.5. The molecule has 0 spiro atoms. The molecule has 0 aromatic carbocycles. The van der Waals surface area contributed by atoms with E-state index in [-0.39, 0.29) is 31.4 Å². The van der Waals surface area contributed by atoms with Crippen LogP contribution >= 0.6 is 0 Å². The summed E-state index contributed by atoms with van der Waals surface area (Å²) >= 11 is 0. The molecule has 1 rings (SSSR count). The van der Waals surface area contributed by atoms with Crippen molar-refractivity contribution in [2.45, 2.75) is 31.9 Å². The first-order valence-electron chi connectivity index (χ1n) is 6.01. The molecule has 1 heterocycles. The number of rotatable bonds is 9. The summed E-state index contributed by atoms with van der Waals surface area (Å²) in [5.74, 6) is -0.0918. The van der Waals surface area contributed by atoms with Gasteiger partial charge in [-0.3, -0.25) is 4.79 Å². The first-order chi connectivity index (χ1) is 8.65. The fraction of sp³-hybridized carbons (Fsp3) is 0.833. The van der Waals surface area contributed by atoms with Crippen LogP contribution in [-0.4, -0.2) is 57.0 Å². The molecule has 0 saturated carbocycles. The Hall–Kier alpha value is -0.980. The van der Waals surface area contributed by atoms with Gasteiger partial charge < -0.3 is 23.9 Å². The molecule has 0 aliphatic carbocycles. The molecule has 3 atom stereocenters. The van der Waals surface area contributed by atoms with Gasteiger partial charge in [0, 0.05) is 20.1 Å². The first kappa shape index (κ1) is 15.1. The van der Waals surface area contributed by atoms with Gasteiger partial charge in [0.1, 0.15) is 19.8 Å². The number of carbonyl (C=O) groups is 2. The predicted molar refractivity (Wildman–Crippen MR) is 63.7 cm³/mol. The average molecular weight is 259 g/mol. The van der Waals surface area contributed by atoms with Crippen LogP contribution in [0.4, 0.5) is 0 Å². The van der Waals surface area contributed by atoms with Crippen molar-refractivity contribution in [2.24, 2.45) is 5.92 Å². The second-order valence-electron chi connectivity index (χ2n) is 4.48. The molecule has 6 heteroatoms. The summed E-state index contributed by atoms with van der Waals surface area (Å²) in [6.07, 6.45) is 1.91. The van der Waals surface area contributed by atoms with Gasteiger partial charge in [-0.2, -0.15) is 0 Å². The highest BCUT2D eigenvalue weighted by molar-refractivity contribution is 5.88. The van der Waals surface area contributed by atoms with Crippen molar-refractivity contribution in [1.29, 1.82) is 0 Å². The normalized spacial score (nSPS) is 24.8. The maximum absolute atomic E-state index is 11.8. The highest BCUT2D eigenvalue weighted by Crippen LogP contribution is 2.27. The van der Waals surface area contributed by atoms with Gasteiger partial charge in [-0.15, -0.1) is 0 Å². The largest absolute Gasteiger partial charge is 0.364 e. The van der Waals surface area contributed by atoms with Gasteiger partial charge in [0.25, 0.3) is 5.91 Å². The van der Waals surface area contributed by atoms with Crippen LogP contribution in [0.1, 0.15) is 19.8 Å². The van der Waals surface area contributed by atoms with E-state index in [4.69, 9.17) is 14.2 Å². The number of amides is 1. The Kier molecular flexibility index (Phi) is 6.24. The summed E-state index contributed by atoms with van der Waals surface area (Å²) in [6.45, 7) is 2.21. The molecule has 0 aromatic heterocycles. The van der Waals surface area contributed by atoms with Gasteiger partial charge >= 0.3 is 0 Å². The summed E-state index contributed by atoms with van der Waals surface area (Å²) in [6, 6.07) is -0.0324. The predicted octanol–water partition coefficient (Wildman–Crippen LogP) is 0.405. The third-order valence-electron chi connectivity index (χ3n) is 3.06. The molecule has 6 nitrogen and oxygen atoms in total. The Bertz CT molecular complexity index is 284. The molecule has 1 aliphatic heterocycles. The van der Waals surface area contributed by atoms with Crippen molar-refractivity contribution >= 4 is 12.2 Å². The van der Waals surface area contributed by atoms with Crippen molar-refractivity contribution in [3.05, 3.63) is 0 Å². The average Bonchev–Trinajstić information content (AvgIpc) is 2.39. The molecular formula is C12H21NO5. The van der Waals surface area contributed by atoms with Crippen LogP contribution in [-0.2, 0) is 23.8 Å². The molecule has 1 amide bonds. The van der Waals surface area contributed by atoms with E-state index >= 15 is 0 Å². The van der Waals surface area contributed by atoms with E-state index in [0.29, 0.717) is 0 Å². The Morgan fingerprint density at radius 3 is 2.67 bits per heavy atom. The van der Waals surface area contributed by atoms with Crippen LogP contribution in [0.3, 0.4) is 0 Å². The van der Waals surface area contributed by atoms with E-state index in [0.717, 1.165) is 19.1 Å². The fourth-order valence-electron chi connectivity index (χ4n) is 2.00. The summed E-state index contributed by atoms with van der Waals surface area (Å²) in [5, 5.41) is 0. The molecule has 0 aromatic rings. The lowest BCUT2D eigenvalue weighted by Crippen LogP contribution is -2.66. The van der Waals surface area contributed by atoms with Gasteiger partial charge in [-0.05, 0) is 12.8 Å². The fourth-order valence-corrected chi connectivity index (χ4v) is 2.00. The van der Waals surface area contributed by atoms with Crippen LogP contribution in [0.15, 0.2) is 0 Å². The lowest BCUT2D eigenvalue weighted by molar-refractivity contribution is -0.197. The number of β-lactam (4-membered cyclic amide) rings is 1. The molecule has 2 unspecified atom stereocenters. The molecule has 0 N–H and O–H groups in total. The van der Waals surface area contributed by atoms with E-state index in [1.807, 2.05) is 6.92 Å². The van der Waals surface area contributed by atoms with E-state index in [1.165, 1.54) is 7.11 Å². The van der Waals surface area contributed by atoms with Crippen LogP contribution in [0.5, 0.6) is 0 Å². The summed E-state index contributed by atoms with van der Waals surface area (Å²) in [4.78, 5) is 24.0. The van der Waals surface area contributed by atoms with Crippen molar-refractivity contribution in [2.75, 3.05) is 27.7 Å². The highest BCUT2D eigenvalue weighted by Gasteiger charge is 2.47. The molecule has 0 bridgehead atoms. The van der Waals surface area contributed by atoms with Crippen molar-refractivity contribution in [1.82, 2.24) is 4.90 Å². The zero-order valence-electron chi connectivity index (χ0n) is 11.1. The van der Waals surface area contributed by atoms with Crippen LogP contribution in [0.2, 0.25) is 0 Å². The lowest BCUT2D eigenvalue weighted by Gasteiger charge is -2.46. The minimum atomic E-state index is -0.473. The Morgan fingerprint density at radius 2 is 2.11 bits per heavy atom. The maximum Gasteiger partial charge on any atom is 0.256 e.